The van der Waals surface area contributed by atoms with Crippen molar-refractivity contribution in [2.24, 2.45) is 4.99 Å². The number of hydrogen-bond acceptors (Lipinski definition) is 6. The fourth-order valence-corrected chi connectivity index (χ4v) is 4.33. The second kappa shape index (κ2) is 13.0. The van der Waals surface area contributed by atoms with Crippen LogP contribution in [0.4, 0.5) is 0 Å². The van der Waals surface area contributed by atoms with Gasteiger partial charge in [0, 0.05) is 37.9 Å². The Morgan fingerprint density at radius 2 is 1.85 bits per heavy atom. The molecule has 33 heavy (non-hydrogen) atoms. The number of nitrogens with zero attached hydrogens (tertiary/aromatic N) is 3. The summed E-state index contributed by atoms with van der Waals surface area (Å²) in [6.45, 7) is 5.58. The van der Waals surface area contributed by atoms with Crippen molar-refractivity contribution in [3.63, 3.8) is 0 Å². The summed E-state index contributed by atoms with van der Waals surface area (Å²) in [4.78, 5) is 8.84. The summed E-state index contributed by atoms with van der Waals surface area (Å²) >= 11 is 0. The monoisotopic (exact) mass is 571 g/mol. The molecule has 0 atom stereocenters. The number of hydrogen-bond donors (Lipinski definition) is 2. The van der Waals surface area contributed by atoms with Gasteiger partial charge in [-0.15, -0.1) is 24.0 Å². The summed E-state index contributed by atoms with van der Waals surface area (Å²) in [7, 11) is 5.15. The average Bonchev–Trinajstić information content (AvgIpc) is 3.30. The number of guanidine groups is 1. The Bertz CT molecular complexity index is 894. The van der Waals surface area contributed by atoms with Gasteiger partial charge in [-0.25, -0.2) is 0 Å². The van der Waals surface area contributed by atoms with Gasteiger partial charge in [0.05, 0.1) is 14.2 Å². The summed E-state index contributed by atoms with van der Waals surface area (Å²) in [6, 6.07) is 6.31. The van der Waals surface area contributed by atoms with Crippen LogP contribution in [0.3, 0.4) is 0 Å². The summed E-state index contributed by atoms with van der Waals surface area (Å²) in [5, 5.41) is 10.9. The zero-order chi connectivity index (χ0) is 23.0. The van der Waals surface area contributed by atoms with E-state index in [1.54, 1.807) is 21.3 Å². The number of halogens is 1. The van der Waals surface area contributed by atoms with Crippen LogP contribution in [0.15, 0.2) is 27.7 Å². The van der Waals surface area contributed by atoms with Gasteiger partial charge in [-0.05, 0) is 30.5 Å². The van der Waals surface area contributed by atoms with E-state index >= 15 is 0 Å². The van der Waals surface area contributed by atoms with Gasteiger partial charge in [-0.1, -0.05) is 44.3 Å². The van der Waals surface area contributed by atoms with E-state index in [0.29, 0.717) is 18.9 Å². The number of benzene rings is 1. The van der Waals surface area contributed by atoms with Gasteiger partial charge in [-0.3, -0.25) is 4.99 Å². The van der Waals surface area contributed by atoms with Crippen LogP contribution in [0, 0.1) is 0 Å². The number of aliphatic imine (C=N–C) groups is 1. The molecule has 1 aromatic carbocycles. The predicted molar refractivity (Wildman–Crippen MR) is 141 cm³/mol. The number of aromatic nitrogens is 2. The summed E-state index contributed by atoms with van der Waals surface area (Å²) < 4.78 is 16.3. The van der Waals surface area contributed by atoms with Crippen molar-refractivity contribution in [3.8, 4) is 11.5 Å². The Balaban J connectivity index is 0.00000385. The smallest absolute Gasteiger partial charge is 0.228 e. The molecule has 0 spiro atoms. The second-order valence-corrected chi connectivity index (χ2v) is 8.71. The van der Waals surface area contributed by atoms with Crippen LogP contribution in [0.2, 0.25) is 0 Å². The molecule has 8 nitrogen and oxygen atoms in total. The summed E-state index contributed by atoms with van der Waals surface area (Å²) in [6.07, 6.45) is 6.64. The molecule has 1 saturated carbocycles. The van der Waals surface area contributed by atoms with Crippen LogP contribution in [0.1, 0.15) is 69.1 Å². The van der Waals surface area contributed by atoms with Gasteiger partial charge >= 0.3 is 0 Å². The van der Waals surface area contributed by atoms with Gasteiger partial charge in [-0.2, -0.15) is 4.98 Å². The minimum atomic E-state index is 0. The molecule has 184 valence electrons. The van der Waals surface area contributed by atoms with Crippen molar-refractivity contribution in [3.05, 3.63) is 35.5 Å². The van der Waals surface area contributed by atoms with Gasteiger partial charge in [0.25, 0.3) is 0 Å². The van der Waals surface area contributed by atoms with E-state index in [1.807, 2.05) is 6.07 Å². The van der Waals surface area contributed by atoms with Crippen LogP contribution in [0.25, 0.3) is 0 Å². The molecule has 9 heteroatoms. The molecular formula is C24H38IN5O3. The van der Waals surface area contributed by atoms with Gasteiger partial charge in [0.15, 0.2) is 23.3 Å². The molecule has 0 radical (unpaired) electrons. The van der Waals surface area contributed by atoms with Crippen molar-refractivity contribution >= 4 is 29.9 Å². The first-order valence-electron chi connectivity index (χ1n) is 11.5. The topological polar surface area (TPSA) is 93.8 Å². The Hall–Kier alpha value is -2.04. The quantitative estimate of drug-likeness (QED) is 0.261. The molecule has 0 unspecified atom stereocenters. The molecule has 2 aromatic rings. The zero-order valence-electron chi connectivity index (χ0n) is 20.4. The minimum absolute atomic E-state index is 0. The lowest BCUT2D eigenvalue weighted by atomic mass is 9.69. The molecule has 1 aliphatic rings. The molecule has 1 fully saturated rings. The average molecular weight is 572 g/mol. The van der Waals surface area contributed by atoms with E-state index in [2.05, 4.69) is 51.7 Å². The normalized spacial score (nSPS) is 15.6. The Labute approximate surface area is 214 Å². The molecule has 1 heterocycles. The lowest BCUT2D eigenvalue weighted by molar-refractivity contribution is 0.288. The molecule has 0 amide bonds. The number of ether oxygens (including phenoxy) is 2. The maximum Gasteiger partial charge on any atom is 0.228 e. The van der Waals surface area contributed by atoms with Crippen LogP contribution >= 0.6 is 24.0 Å². The highest BCUT2D eigenvalue weighted by Gasteiger charge is 2.34. The molecule has 2 N–H and O–H groups in total. The summed E-state index contributed by atoms with van der Waals surface area (Å²) in [5.41, 5.74) is 1.32. The molecule has 0 bridgehead atoms. The third-order valence-corrected chi connectivity index (χ3v) is 6.26. The first kappa shape index (κ1) is 27.2. The molecule has 0 aliphatic heterocycles. The molecule has 3 rings (SSSR count). The lowest BCUT2D eigenvalue weighted by Crippen LogP contribution is -2.47. The zero-order valence-corrected chi connectivity index (χ0v) is 22.8. The van der Waals surface area contributed by atoms with Gasteiger partial charge < -0.3 is 24.6 Å². The Morgan fingerprint density at radius 3 is 2.45 bits per heavy atom. The predicted octanol–water partition coefficient (Wildman–Crippen LogP) is 4.44. The third-order valence-electron chi connectivity index (χ3n) is 6.26. The fraction of sp³-hybridized carbons (Fsp3) is 0.625. The molecule has 1 aliphatic carbocycles. The van der Waals surface area contributed by atoms with Crippen LogP contribution in [0.5, 0.6) is 11.5 Å². The highest BCUT2D eigenvalue weighted by atomic mass is 127. The Kier molecular flexibility index (Phi) is 10.7. The van der Waals surface area contributed by atoms with Crippen LogP contribution in [-0.4, -0.2) is 50.5 Å². The van der Waals surface area contributed by atoms with Gasteiger partial charge in [0.2, 0.25) is 5.89 Å². The van der Waals surface area contributed by atoms with Crippen molar-refractivity contribution in [1.29, 1.82) is 0 Å². The Morgan fingerprint density at radius 1 is 1.12 bits per heavy atom. The van der Waals surface area contributed by atoms with Crippen LogP contribution < -0.4 is 20.1 Å². The fourth-order valence-electron chi connectivity index (χ4n) is 4.33. The maximum atomic E-state index is 5.57. The maximum absolute atomic E-state index is 5.57. The highest BCUT2D eigenvalue weighted by molar-refractivity contribution is 14.0. The molecular weight excluding hydrogens is 533 g/mol. The second-order valence-electron chi connectivity index (χ2n) is 8.71. The summed E-state index contributed by atoms with van der Waals surface area (Å²) in [5.74, 6) is 3.96. The largest absolute Gasteiger partial charge is 0.493 e. The first-order chi connectivity index (χ1) is 15.5. The van der Waals surface area contributed by atoms with Crippen molar-refractivity contribution in [1.82, 2.24) is 20.8 Å². The van der Waals surface area contributed by atoms with Crippen LogP contribution in [-0.2, 0) is 11.8 Å². The van der Waals surface area contributed by atoms with E-state index < -0.39 is 0 Å². The van der Waals surface area contributed by atoms with E-state index in [0.717, 1.165) is 42.7 Å². The van der Waals surface area contributed by atoms with E-state index in [9.17, 15) is 0 Å². The SMILES string of the molecule is CN=C(NCCc1nc(C(C)C)no1)NCC1(c2ccc(OC)c(OC)c2)CCCCC1.I. The van der Waals surface area contributed by atoms with Crippen molar-refractivity contribution in [2.75, 3.05) is 34.4 Å². The molecule has 0 saturated heterocycles. The first-order valence-corrected chi connectivity index (χ1v) is 11.5. The van der Waals surface area contributed by atoms with Gasteiger partial charge in [0.1, 0.15) is 0 Å². The van der Waals surface area contributed by atoms with E-state index in [1.165, 1.54) is 24.8 Å². The third kappa shape index (κ3) is 6.97. The highest BCUT2D eigenvalue weighted by Crippen LogP contribution is 2.42. The number of nitrogens with one attached hydrogen (secondary N) is 2. The van der Waals surface area contributed by atoms with Crippen molar-refractivity contribution in [2.45, 2.75) is 63.7 Å². The van der Waals surface area contributed by atoms with E-state index in [-0.39, 0.29) is 35.3 Å². The number of rotatable bonds is 9. The minimum Gasteiger partial charge on any atom is -0.493 e. The standard InChI is InChI=1S/C24H37N5O3.HI/c1-17(2)22-28-21(32-29-22)11-14-26-23(25-3)27-16-24(12-7-6-8-13-24)18-9-10-19(30-4)20(15-18)31-5;/h9-10,15,17H,6-8,11-14,16H2,1-5H3,(H2,25,26,27);1H. The molecule has 1 aromatic heterocycles. The lowest BCUT2D eigenvalue weighted by Gasteiger charge is -2.38. The van der Waals surface area contributed by atoms with Crippen molar-refractivity contribution < 1.29 is 14.0 Å². The number of methoxy groups -OCH3 is 2. The van der Waals surface area contributed by atoms with E-state index in [4.69, 9.17) is 14.0 Å².